The molecule has 0 N–H and O–H groups in total. The molecule has 0 fully saturated rings. The zero-order valence-corrected chi connectivity index (χ0v) is 11.1. The Morgan fingerprint density at radius 2 is 1.60 bits per heavy atom. The second-order valence-corrected chi connectivity index (χ2v) is 4.34. The Morgan fingerprint density at radius 3 is 2.25 bits per heavy atom. The van der Waals surface area contributed by atoms with E-state index < -0.39 is 4.92 Å². The predicted molar refractivity (Wildman–Crippen MR) is 74.4 cm³/mol. The SMILES string of the molecule is Cc1ccccc1N=[N+]([O-])c1cccc([N+](=O)[O-])c1C. The Hall–Kier alpha value is -2.76. The van der Waals surface area contributed by atoms with E-state index in [-0.39, 0.29) is 11.4 Å². The summed E-state index contributed by atoms with van der Waals surface area (Å²) in [6.45, 7) is 3.37. The fraction of sp³-hybridized carbons (Fsp3) is 0.143. The molecule has 0 saturated carbocycles. The molecule has 0 aliphatic rings. The molecule has 102 valence electrons. The maximum absolute atomic E-state index is 12.1. The molecule has 2 rings (SSSR count). The maximum Gasteiger partial charge on any atom is 0.279 e. The van der Waals surface area contributed by atoms with Crippen molar-refractivity contribution < 1.29 is 9.78 Å². The lowest BCUT2D eigenvalue weighted by Gasteiger charge is -2.04. The summed E-state index contributed by atoms with van der Waals surface area (Å²) in [4.78, 5) is 10.8. The molecule has 2 aromatic rings. The average Bonchev–Trinajstić information content (AvgIpc) is 2.41. The smallest absolute Gasteiger partial charge is 0.279 e. The number of rotatable bonds is 3. The molecule has 0 atom stereocenters. The van der Waals surface area contributed by atoms with Crippen molar-refractivity contribution in [1.82, 2.24) is 0 Å². The highest BCUT2D eigenvalue weighted by Gasteiger charge is 2.19. The van der Waals surface area contributed by atoms with Crippen LogP contribution in [0.3, 0.4) is 0 Å². The fourth-order valence-electron chi connectivity index (χ4n) is 1.84. The Labute approximate surface area is 115 Å². The van der Waals surface area contributed by atoms with Gasteiger partial charge in [0.2, 0.25) is 0 Å². The number of benzene rings is 2. The molecule has 0 unspecified atom stereocenters. The quantitative estimate of drug-likeness (QED) is 0.364. The summed E-state index contributed by atoms with van der Waals surface area (Å²) in [7, 11) is 0. The molecule has 20 heavy (non-hydrogen) atoms. The molecule has 0 bridgehead atoms. The topological polar surface area (TPSA) is 81.6 Å². The van der Waals surface area contributed by atoms with Crippen LogP contribution in [0.1, 0.15) is 11.1 Å². The van der Waals surface area contributed by atoms with Crippen LogP contribution in [0, 0.1) is 29.2 Å². The third kappa shape index (κ3) is 2.64. The van der Waals surface area contributed by atoms with Crippen LogP contribution < -0.4 is 0 Å². The van der Waals surface area contributed by atoms with Crippen LogP contribution in [-0.4, -0.2) is 9.78 Å². The van der Waals surface area contributed by atoms with E-state index in [1.807, 2.05) is 19.1 Å². The van der Waals surface area contributed by atoms with Gasteiger partial charge < -0.3 is 5.21 Å². The van der Waals surface area contributed by atoms with Gasteiger partial charge in [0.15, 0.2) is 0 Å². The van der Waals surface area contributed by atoms with Crippen molar-refractivity contribution in [1.29, 1.82) is 0 Å². The van der Waals surface area contributed by atoms with Crippen molar-refractivity contribution in [2.45, 2.75) is 13.8 Å². The fourth-order valence-corrected chi connectivity index (χ4v) is 1.84. The van der Waals surface area contributed by atoms with Gasteiger partial charge in [-0.25, -0.2) is 0 Å². The summed E-state index contributed by atoms with van der Waals surface area (Å²) in [5.41, 5.74) is 1.76. The lowest BCUT2D eigenvalue weighted by molar-refractivity contribution is -0.437. The average molecular weight is 271 g/mol. The second-order valence-electron chi connectivity index (χ2n) is 4.34. The van der Waals surface area contributed by atoms with Crippen LogP contribution in [0.25, 0.3) is 0 Å². The highest BCUT2D eigenvalue weighted by atomic mass is 16.6. The zero-order chi connectivity index (χ0) is 14.7. The number of aryl methyl sites for hydroxylation is 1. The standard InChI is InChI=1S/C14H13N3O3/c1-10-6-3-4-7-12(10)15-16(18)13-8-5-9-14(11(13)2)17(19)20/h3-9H,1-2H3. The monoisotopic (exact) mass is 271 g/mol. The van der Waals surface area contributed by atoms with E-state index in [4.69, 9.17) is 0 Å². The van der Waals surface area contributed by atoms with Crippen LogP contribution in [-0.2, 0) is 0 Å². The summed E-state index contributed by atoms with van der Waals surface area (Å²) >= 11 is 0. The highest BCUT2D eigenvalue weighted by Crippen LogP contribution is 2.28. The third-order valence-corrected chi connectivity index (χ3v) is 2.99. The minimum atomic E-state index is -0.513. The summed E-state index contributed by atoms with van der Waals surface area (Å²) in [5.74, 6) is 0. The number of azo groups is 1. The minimum Gasteiger partial charge on any atom is -0.594 e. The van der Waals surface area contributed by atoms with Crippen molar-refractivity contribution in [3.05, 3.63) is 68.9 Å². The van der Waals surface area contributed by atoms with Gasteiger partial charge >= 0.3 is 0 Å². The van der Waals surface area contributed by atoms with Crippen LogP contribution in [0.4, 0.5) is 17.1 Å². The van der Waals surface area contributed by atoms with Gasteiger partial charge in [-0.2, -0.15) is 0 Å². The van der Waals surface area contributed by atoms with E-state index in [0.717, 1.165) is 5.56 Å². The summed E-state index contributed by atoms with van der Waals surface area (Å²) < 4.78 is 0. The molecule has 0 saturated heterocycles. The van der Waals surface area contributed by atoms with Crippen LogP contribution >= 0.6 is 0 Å². The zero-order valence-electron chi connectivity index (χ0n) is 11.1. The molecule has 2 aromatic carbocycles. The molecule has 6 heteroatoms. The third-order valence-electron chi connectivity index (χ3n) is 2.99. The molecule has 0 aliphatic carbocycles. The first-order chi connectivity index (χ1) is 9.50. The van der Waals surface area contributed by atoms with Gasteiger partial charge in [-0.05, 0) is 36.4 Å². The molecular weight excluding hydrogens is 258 g/mol. The van der Waals surface area contributed by atoms with Gasteiger partial charge in [0.25, 0.3) is 11.4 Å². The van der Waals surface area contributed by atoms with Crippen molar-refractivity contribution in [3.8, 4) is 0 Å². The maximum atomic E-state index is 12.1. The number of nitro benzene ring substituents is 1. The summed E-state index contributed by atoms with van der Waals surface area (Å²) in [6, 6.07) is 11.5. The van der Waals surface area contributed by atoms with E-state index >= 15 is 0 Å². The van der Waals surface area contributed by atoms with E-state index in [9.17, 15) is 15.3 Å². The van der Waals surface area contributed by atoms with Crippen LogP contribution in [0.5, 0.6) is 0 Å². The number of nitrogens with zero attached hydrogens (tertiary/aromatic N) is 3. The Balaban J connectivity index is 2.49. The molecule has 0 spiro atoms. The molecule has 0 aromatic heterocycles. The molecule has 0 heterocycles. The first-order valence-corrected chi connectivity index (χ1v) is 5.99. The Morgan fingerprint density at radius 1 is 0.950 bits per heavy atom. The van der Waals surface area contributed by atoms with Crippen molar-refractivity contribution >= 4 is 17.1 Å². The number of nitro groups is 1. The van der Waals surface area contributed by atoms with Gasteiger partial charge in [-0.3, -0.25) is 10.1 Å². The van der Waals surface area contributed by atoms with Crippen LogP contribution in [0.15, 0.2) is 47.6 Å². The van der Waals surface area contributed by atoms with Gasteiger partial charge in [0.05, 0.1) is 4.92 Å². The minimum absolute atomic E-state index is 0.0941. The largest absolute Gasteiger partial charge is 0.594 e. The second kappa shape index (κ2) is 5.48. The highest BCUT2D eigenvalue weighted by molar-refractivity contribution is 5.52. The number of hydrogen-bond donors (Lipinski definition) is 0. The Kier molecular flexibility index (Phi) is 3.74. The first-order valence-electron chi connectivity index (χ1n) is 5.99. The van der Waals surface area contributed by atoms with E-state index in [0.29, 0.717) is 16.1 Å². The van der Waals surface area contributed by atoms with Crippen molar-refractivity contribution in [2.75, 3.05) is 0 Å². The van der Waals surface area contributed by atoms with Crippen molar-refractivity contribution in [3.63, 3.8) is 0 Å². The Bertz CT molecular complexity index is 696. The van der Waals surface area contributed by atoms with Gasteiger partial charge in [0, 0.05) is 17.2 Å². The van der Waals surface area contributed by atoms with Gasteiger partial charge in [-0.15, -0.1) is 0 Å². The summed E-state index contributed by atoms with van der Waals surface area (Å²) in [5, 5.41) is 26.9. The molecule has 0 amide bonds. The molecule has 0 radical (unpaired) electrons. The van der Waals surface area contributed by atoms with Gasteiger partial charge in [-0.1, -0.05) is 18.2 Å². The number of hydrogen-bond acceptors (Lipinski definition) is 4. The van der Waals surface area contributed by atoms with Crippen LogP contribution in [0.2, 0.25) is 0 Å². The van der Waals surface area contributed by atoms with Gasteiger partial charge in [0.1, 0.15) is 11.3 Å². The predicted octanol–water partition coefficient (Wildman–Crippen LogP) is 4.14. The lowest BCUT2D eigenvalue weighted by atomic mass is 10.1. The van der Waals surface area contributed by atoms with Crippen molar-refractivity contribution in [2.24, 2.45) is 5.11 Å². The normalized spacial score (nSPS) is 11.4. The van der Waals surface area contributed by atoms with E-state index in [1.54, 1.807) is 12.1 Å². The van der Waals surface area contributed by atoms with E-state index in [2.05, 4.69) is 5.11 Å². The van der Waals surface area contributed by atoms with E-state index in [1.165, 1.54) is 25.1 Å². The molecule has 0 aliphatic heterocycles. The molecule has 6 nitrogen and oxygen atoms in total. The summed E-state index contributed by atoms with van der Waals surface area (Å²) in [6.07, 6.45) is 0. The lowest BCUT2D eigenvalue weighted by Crippen LogP contribution is -1.98. The molecular formula is C14H13N3O3. The first kappa shape index (κ1) is 13.7.